The van der Waals surface area contributed by atoms with Crippen LogP contribution in [0.2, 0.25) is 0 Å². The lowest BCUT2D eigenvalue weighted by atomic mass is 10.5. The number of halogens is 1. The highest BCUT2D eigenvalue weighted by Gasteiger charge is 2.03. The minimum Gasteiger partial charge on any atom is -0.373 e. The largest absolute Gasteiger partial charge is 0.373 e. The standard InChI is InChI=1S/C9H10BrN5/c1-6-13-8(11-2)3-9(14-6)15-5-7(10)4-12-15/h3-5H,1-2H3,(H,11,13,14). The first-order valence-corrected chi connectivity index (χ1v) is 5.22. The first-order chi connectivity index (χ1) is 7.19. The minimum absolute atomic E-state index is 0.712. The summed E-state index contributed by atoms with van der Waals surface area (Å²) in [5.74, 6) is 2.24. The van der Waals surface area contributed by atoms with E-state index >= 15 is 0 Å². The zero-order chi connectivity index (χ0) is 10.8. The molecule has 78 valence electrons. The maximum atomic E-state index is 4.29. The maximum Gasteiger partial charge on any atom is 0.159 e. The number of nitrogens with one attached hydrogen (secondary N) is 1. The van der Waals surface area contributed by atoms with Gasteiger partial charge in [0.2, 0.25) is 0 Å². The van der Waals surface area contributed by atoms with Crippen molar-refractivity contribution in [3.05, 3.63) is 28.8 Å². The van der Waals surface area contributed by atoms with Crippen LogP contribution in [-0.2, 0) is 0 Å². The van der Waals surface area contributed by atoms with Crippen LogP contribution in [0.1, 0.15) is 5.82 Å². The van der Waals surface area contributed by atoms with Gasteiger partial charge in [-0.25, -0.2) is 14.6 Å². The lowest BCUT2D eigenvalue weighted by Gasteiger charge is -2.04. The van der Waals surface area contributed by atoms with Gasteiger partial charge in [0.05, 0.1) is 10.7 Å². The topological polar surface area (TPSA) is 55.6 Å². The van der Waals surface area contributed by atoms with Crippen LogP contribution < -0.4 is 5.32 Å². The smallest absolute Gasteiger partial charge is 0.159 e. The number of aryl methyl sites for hydroxylation is 1. The Morgan fingerprint density at radius 3 is 2.80 bits per heavy atom. The quantitative estimate of drug-likeness (QED) is 0.901. The fourth-order valence-corrected chi connectivity index (χ4v) is 1.51. The third-order valence-corrected chi connectivity index (χ3v) is 2.28. The minimum atomic E-state index is 0.712. The van der Waals surface area contributed by atoms with Gasteiger partial charge in [0.15, 0.2) is 5.82 Å². The number of rotatable bonds is 2. The van der Waals surface area contributed by atoms with Crippen LogP contribution in [0.25, 0.3) is 5.82 Å². The third kappa shape index (κ3) is 2.15. The molecule has 1 N–H and O–H groups in total. The molecule has 2 aromatic heterocycles. The Labute approximate surface area is 95.7 Å². The van der Waals surface area contributed by atoms with Crippen LogP contribution in [0.3, 0.4) is 0 Å². The first kappa shape index (κ1) is 10.1. The molecule has 0 atom stereocenters. The van der Waals surface area contributed by atoms with Gasteiger partial charge in [0.25, 0.3) is 0 Å². The van der Waals surface area contributed by atoms with Crippen LogP contribution in [-0.4, -0.2) is 26.8 Å². The summed E-state index contributed by atoms with van der Waals surface area (Å²) in [6, 6.07) is 1.84. The van der Waals surface area contributed by atoms with Crippen molar-refractivity contribution in [2.75, 3.05) is 12.4 Å². The SMILES string of the molecule is CNc1cc(-n2cc(Br)cn2)nc(C)n1. The molecule has 2 aromatic rings. The van der Waals surface area contributed by atoms with Gasteiger partial charge in [-0.15, -0.1) is 0 Å². The molecule has 5 nitrogen and oxygen atoms in total. The molecule has 0 aromatic carbocycles. The molecule has 0 amide bonds. The van der Waals surface area contributed by atoms with E-state index in [4.69, 9.17) is 0 Å². The Hall–Kier alpha value is -1.43. The highest BCUT2D eigenvalue weighted by atomic mass is 79.9. The highest BCUT2D eigenvalue weighted by molar-refractivity contribution is 9.10. The Kier molecular flexibility index (Phi) is 2.68. The van der Waals surface area contributed by atoms with Gasteiger partial charge in [-0.1, -0.05) is 0 Å². The molecule has 0 spiro atoms. The van der Waals surface area contributed by atoms with E-state index in [2.05, 4.69) is 36.3 Å². The molecule has 2 heterocycles. The molecular formula is C9H10BrN5. The lowest BCUT2D eigenvalue weighted by Crippen LogP contribution is -2.03. The number of hydrogen-bond acceptors (Lipinski definition) is 4. The molecule has 0 unspecified atom stereocenters. The molecule has 0 aliphatic carbocycles. The number of anilines is 1. The Balaban J connectivity index is 2.48. The fourth-order valence-electron chi connectivity index (χ4n) is 1.22. The summed E-state index contributed by atoms with van der Waals surface area (Å²) in [7, 11) is 1.82. The molecule has 15 heavy (non-hydrogen) atoms. The van der Waals surface area contributed by atoms with E-state index in [1.54, 1.807) is 10.9 Å². The predicted molar refractivity (Wildman–Crippen MR) is 61.1 cm³/mol. The highest BCUT2D eigenvalue weighted by Crippen LogP contribution is 2.13. The summed E-state index contributed by atoms with van der Waals surface area (Å²) in [4.78, 5) is 8.50. The average molecular weight is 268 g/mol. The van der Waals surface area contributed by atoms with E-state index in [-0.39, 0.29) is 0 Å². The van der Waals surface area contributed by atoms with Crippen molar-refractivity contribution in [1.82, 2.24) is 19.7 Å². The molecule has 0 aliphatic rings. The van der Waals surface area contributed by atoms with Crippen molar-refractivity contribution in [2.45, 2.75) is 6.92 Å². The van der Waals surface area contributed by atoms with Crippen LogP contribution >= 0.6 is 15.9 Å². The molecule has 0 saturated heterocycles. The molecule has 2 rings (SSSR count). The van der Waals surface area contributed by atoms with E-state index in [0.717, 1.165) is 16.1 Å². The summed E-state index contributed by atoms with van der Waals surface area (Å²) < 4.78 is 2.62. The van der Waals surface area contributed by atoms with E-state index in [1.807, 2.05) is 26.2 Å². The molecule has 0 saturated carbocycles. The zero-order valence-electron chi connectivity index (χ0n) is 8.40. The molecule has 0 aliphatic heterocycles. The van der Waals surface area contributed by atoms with Gasteiger partial charge >= 0.3 is 0 Å². The number of hydrogen-bond donors (Lipinski definition) is 1. The molecule has 0 radical (unpaired) electrons. The third-order valence-electron chi connectivity index (χ3n) is 1.87. The number of nitrogens with zero attached hydrogens (tertiary/aromatic N) is 4. The van der Waals surface area contributed by atoms with Gasteiger partial charge in [-0.2, -0.15) is 5.10 Å². The van der Waals surface area contributed by atoms with Crippen molar-refractivity contribution in [1.29, 1.82) is 0 Å². The van der Waals surface area contributed by atoms with Crippen molar-refractivity contribution in [3.63, 3.8) is 0 Å². The summed E-state index contributed by atoms with van der Waals surface area (Å²) in [6.45, 7) is 1.85. The van der Waals surface area contributed by atoms with Crippen molar-refractivity contribution in [3.8, 4) is 5.82 Å². The fraction of sp³-hybridized carbons (Fsp3) is 0.222. The van der Waals surface area contributed by atoms with Crippen LogP contribution in [0, 0.1) is 6.92 Å². The van der Waals surface area contributed by atoms with E-state index in [0.29, 0.717) is 5.82 Å². The van der Waals surface area contributed by atoms with E-state index < -0.39 is 0 Å². The monoisotopic (exact) mass is 267 g/mol. The van der Waals surface area contributed by atoms with Crippen molar-refractivity contribution >= 4 is 21.7 Å². The number of aromatic nitrogens is 4. The summed E-state index contributed by atoms with van der Waals surface area (Å²) in [5.41, 5.74) is 0. The van der Waals surface area contributed by atoms with Gasteiger partial charge in [0, 0.05) is 19.3 Å². The second-order valence-corrected chi connectivity index (χ2v) is 3.93. The molecule has 0 bridgehead atoms. The van der Waals surface area contributed by atoms with Crippen LogP contribution in [0.4, 0.5) is 5.82 Å². The van der Waals surface area contributed by atoms with Gasteiger partial charge in [-0.05, 0) is 22.9 Å². The van der Waals surface area contributed by atoms with E-state index in [1.165, 1.54) is 0 Å². The Morgan fingerprint density at radius 1 is 1.40 bits per heavy atom. The summed E-state index contributed by atoms with van der Waals surface area (Å²) >= 11 is 3.34. The first-order valence-electron chi connectivity index (χ1n) is 4.43. The predicted octanol–water partition coefficient (Wildman–Crippen LogP) is 1.77. The van der Waals surface area contributed by atoms with Gasteiger partial charge in [-0.3, -0.25) is 0 Å². The molecule has 6 heteroatoms. The molecular weight excluding hydrogens is 258 g/mol. The Bertz CT molecular complexity index is 479. The van der Waals surface area contributed by atoms with Crippen LogP contribution in [0.15, 0.2) is 22.9 Å². The van der Waals surface area contributed by atoms with E-state index in [9.17, 15) is 0 Å². The average Bonchev–Trinajstić information content (AvgIpc) is 2.64. The summed E-state index contributed by atoms with van der Waals surface area (Å²) in [5, 5.41) is 7.14. The maximum absolute atomic E-state index is 4.29. The second kappa shape index (κ2) is 3.98. The Morgan fingerprint density at radius 2 is 2.20 bits per heavy atom. The van der Waals surface area contributed by atoms with Gasteiger partial charge < -0.3 is 5.32 Å². The normalized spacial score (nSPS) is 10.3. The second-order valence-electron chi connectivity index (χ2n) is 3.01. The zero-order valence-corrected chi connectivity index (χ0v) is 9.98. The lowest BCUT2D eigenvalue weighted by molar-refractivity contribution is 0.829. The van der Waals surface area contributed by atoms with Gasteiger partial charge in [0.1, 0.15) is 11.6 Å². The van der Waals surface area contributed by atoms with Crippen molar-refractivity contribution in [2.24, 2.45) is 0 Å². The van der Waals surface area contributed by atoms with Crippen LogP contribution in [0.5, 0.6) is 0 Å². The van der Waals surface area contributed by atoms with Crippen molar-refractivity contribution < 1.29 is 0 Å². The summed E-state index contributed by atoms with van der Waals surface area (Å²) in [6.07, 6.45) is 3.57. The molecule has 0 fully saturated rings.